The van der Waals surface area contributed by atoms with Gasteiger partial charge in [0.1, 0.15) is 18.0 Å². The van der Waals surface area contributed by atoms with Gasteiger partial charge >= 0.3 is 6.09 Å². The molecule has 0 bridgehead atoms. The number of aryl methyl sites for hydroxylation is 1. The number of amides is 2. The number of ether oxygens (including phenoxy) is 1. The number of carbonyl (C=O) groups excluding carboxylic acids is 2. The van der Waals surface area contributed by atoms with Crippen LogP contribution in [0.4, 0.5) is 10.6 Å². The van der Waals surface area contributed by atoms with E-state index < -0.39 is 24.2 Å². The van der Waals surface area contributed by atoms with Crippen LogP contribution in [0.2, 0.25) is 0 Å². The van der Waals surface area contributed by atoms with E-state index in [1.54, 1.807) is 39.8 Å². The van der Waals surface area contributed by atoms with Crippen molar-refractivity contribution < 1.29 is 19.4 Å². The number of pyridine rings is 1. The van der Waals surface area contributed by atoms with Gasteiger partial charge in [-0.05, 0) is 39.8 Å². The molecule has 0 saturated carbocycles. The Morgan fingerprint density at radius 3 is 2.47 bits per heavy atom. The minimum atomic E-state index is -0.857. The third kappa shape index (κ3) is 4.33. The highest BCUT2D eigenvalue weighted by atomic mass is 16.6. The first-order valence-corrected chi connectivity index (χ1v) is 5.85. The van der Waals surface area contributed by atoms with Crippen LogP contribution in [-0.4, -0.2) is 34.3 Å². The molecule has 1 heterocycles. The number of aliphatic hydroxyl groups is 1. The molecular weight excluding hydrogens is 248 g/mol. The molecule has 0 saturated heterocycles. The van der Waals surface area contributed by atoms with Gasteiger partial charge in [-0.2, -0.15) is 4.90 Å². The minimum Gasteiger partial charge on any atom is -0.443 e. The molecule has 1 rings (SSSR count). The molecule has 0 radical (unpaired) electrons. The van der Waals surface area contributed by atoms with E-state index in [1.807, 2.05) is 0 Å². The van der Waals surface area contributed by atoms with E-state index in [0.717, 1.165) is 4.90 Å². The number of hydrogen-bond donors (Lipinski definition) is 1. The van der Waals surface area contributed by atoms with E-state index >= 15 is 0 Å². The summed E-state index contributed by atoms with van der Waals surface area (Å²) in [5.74, 6) is -0.652. The predicted molar refractivity (Wildman–Crippen MR) is 69.8 cm³/mol. The van der Waals surface area contributed by atoms with Gasteiger partial charge in [0, 0.05) is 5.69 Å². The van der Waals surface area contributed by atoms with Crippen molar-refractivity contribution in [3.63, 3.8) is 0 Å². The first-order valence-electron chi connectivity index (χ1n) is 5.85. The summed E-state index contributed by atoms with van der Waals surface area (Å²) in [6.45, 7) is 6.01. The van der Waals surface area contributed by atoms with Crippen molar-refractivity contribution in [3.05, 3.63) is 23.9 Å². The quantitative estimate of drug-likeness (QED) is 0.880. The summed E-state index contributed by atoms with van der Waals surface area (Å²) in [5.41, 5.74) is -0.0914. The molecule has 0 spiro atoms. The smallest absolute Gasteiger partial charge is 0.423 e. The van der Waals surface area contributed by atoms with E-state index in [0.29, 0.717) is 5.69 Å². The van der Waals surface area contributed by atoms with Crippen LogP contribution in [0.25, 0.3) is 0 Å². The number of nitrogens with zero attached hydrogens (tertiary/aromatic N) is 2. The molecule has 1 aromatic heterocycles. The van der Waals surface area contributed by atoms with Gasteiger partial charge in [-0.25, -0.2) is 9.78 Å². The second-order valence-electron chi connectivity index (χ2n) is 5.00. The number of hydrogen-bond acceptors (Lipinski definition) is 5. The van der Waals surface area contributed by atoms with Gasteiger partial charge in [0.15, 0.2) is 0 Å². The lowest BCUT2D eigenvalue weighted by molar-refractivity contribution is -0.121. The van der Waals surface area contributed by atoms with Crippen LogP contribution in [0.15, 0.2) is 18.2 Å². The molecular formula is C13H18N2O4. The van der Waals surface area contributed by atoms with Gasteiger partial charge < -0.3 is 9.84 Å². The summed E-state index contributed by atoms with van der Waals surface area (Å²) in [7, 11) is 0. The summed E-state index contributed by atoms with van der Waals surface area (Å²) in [6, 6.07) is 4.91. The summed E-state index contributed by atoms with van der Waals surface area (Å²) < 4.78 is 5.13. The molecule has 0 unspecified atom stereocenters. The second kappa shape index (κ2) is 5.79. The maximum Gasteiger partial charge on any atom is 0.423 e. The number of aromatic nitrogens is 1. The first-order chi connectivity index (χ1) is 8.74. The lowest BCUT2D eigenvalue weighted by Crippen LogP contribution is -2.42. The molecule has 0 aliphatic rings. The Hall–Kier alpha value is -1.95. The molecule has 1 aromatic rings. The Morgan fingerprint density at radius 2 is 2.00 bits per heavy atom. The van der Waals surface area contributed by atoms with Gasteiger partial charge in [-0.3, -0.25) is 4.79 Å². The lowest BCUT2D eigenvalue weighted by Gasteiger charge is -2.25. The highest BCUT2D eigenvalue weighted by Gasteiger charge is 2.29. The largest absolute Gasteiger partial charge is 0.443 e. The minimum absolute atomic E-state index is 0.133. The van der Waals surface area contributed by atoms with Gasteiger partial charge in [-0.1, -0.05) is 6.07 Å². The molecule has 6 nitrogen and oxygen atoms in total. The zero-order valence-electron chi connectivity index (χ0n) is 11.5. The van der Waals surface area contributed by atoms with Gasteiger partial charge in [0.05, 0.1) is 0 Å². The Bertz CT molecular complexity index is 480. The van der Waals surface area contributed by atoms with Gasteiger partial charge in [0.2, 0.25) is 0 Å². The van der Waals surface area contributed by atoms with Crippen LogP contribution < -0.4 is 4.90 Å². The van der Waals surface area contributed by atoms with Crippen molar-refractivity contribution in [2.24, 2.45) is 0 Å². The normalized spacial score (nSPS) is 11.0. The Balaban J connectivity index is 3.09. The van der Waals surface area contributed by atoms with Crippen LogP contribution in [0, 0.1) is 6.92 Å². The molecule has 6 heteroatoms. The van der Waals surface area contributed by atoms with E-state index in [4.69, 9.17) is 9.84 Å². The molecule has 0 aliphatic heterocycles. The third-order valence-electron chi connectivity index (χ3n) is 2.06. The SMILES string of the molecule is Cc1cccc(N(C(=O)CO)C(=O)OC(C)(C)C)n1. The first kappa shape index (κ1) is 15.1. The monoisotopic (exact) mass is 266 g/mol. The standard InChI is InChI=1S/C13H18N2O4/c1-9-6-5-7-10(14-9)15(11(17)8-16)12(18)19-13(2,3)4/h5-7,16H,8H2,1-4H3. The summed E-state index contributed by atoms with van der Waals surface area (Å²) in [6.07, 6.45) is -0.857. The van der Waals surface area contributed by atoms with Crippen LogP contribution in [0.3, 0.4) is 0 Å². The molecule has 19 heavy (non-hydrogen) atoms. The van der Waals surface area contributed by atoms with Gasteiger partial charge in [-0.15, -0.1) is 0 Å². The number of imide groups is 1. The van der Waals surface area contributed by atoms with E-state index in [2.05, 4.69) is 4.98 Å². The molecule has 1 N–H and O–H groups in total. The van der Waals surface area contributed by atoms with Crippen molar-refractivity contribution in [3.8, 4) is 0 Å². The van der Waals surface area contributed by atoms with Crippen molar-refractivity contribution >= 4 is 17.8 Å². The van der Waals surface area contributed by atoms with E-state index in [1.165, 1.54) is 6.07 Å². The highest BCUT2D eigenvalue weighted by Crippen LogP contribution is 2.16. The molecule has 104 valence electrons. The van der Waals surface area contributed by atoms with E-state index in [-0.39, 0.29) is 5.82 Å². The van der Waals surface area contributed by atoms with E-state index in [9.17, 15) is 9.59 Å². The zero-order valence-corrected chi connectivity index (χ0v) is 11.5. The van der Waals surface area contributed by atoms with Crippen molar-refractivity contribution in [1.82, 2.24) is 4.98 Å². The lowest BCUT2D eigenvalue weighted by atomic mass is 10.2. The van der Waals surface area contributed by atoms with Crippen molar-refractivity contribution in [1.29, 1.82) is 0 Å². The Morgan fingerprint density at radius 1 is 1.37 bits per heavy atom. The molecule has 0 aromatic carbocycles. The maximum atomic E-state index is 12.0. The molecule has 0 atom stereocenters. The summed E-state index contributed by atoms with van der Waals surface area (Å²) >= 11 is 0. The molecule has 0 aliphatic carbocycles. The number of rotatable bonds is 2. The predicted octanol–water partition coefficient (Wildman–Crippen LogP) is 1.65. The Kier molecular flexibility index (Phi) is 4.61. The fraction of sp³-hybridized carbons (Fsp3) is 0.462. The van der Waals surface area contributed by atoms with Crippen LogP contribution >= 0.6 is 0 Å². The third-order valence-corrected chi connectivity index (χ3v) is 2.06. The fourth-order valence-corrected chi connectivity index (χ4v) is 1.35. The van der Waals surface area contributed by atoms with Gasteiger partial charge in [0.25, 0.3) is 5.91 Å². The number of aliphatic hydroxyl groups excluding tert-OH is 1. The zero-order chi connectivity index (χ0) is 14.6. The van der Waals surface area contributed by atoms with Crippen molar-refractivity contribution in [2.45, 2.75) is 33.3 Å². The number of anilines is 1. The Labute approximate surface area is 112 Å². The molecule has 2 amide bonds. The van der Waals surface area contributed by atoms with Crippen molar-refractivity contribution in [2.75, 3.05) is 11.5 Å². The number of carbonyl (C=O) groups is 2. The summed E-state index contributed by atoms with van der Waals surface area (Å²) in [4.78, 5) is 28.5. The second-order valence-corrected chi connectivity index (χ2v) is 5.00. The maximum absolute atomic E-state index is 12.0. The van der Waals surface area contributed by atoms with Crippen LogP contribution in [0.1, 0.15) is 26.5 Å². The highest BCUT2D eigenvalue weighted by molar-refractivity contribution is 6.12. The average Bonchev–Trinajstić information content (AvgIpc) is 2.26. The summed E-state index contributed by atoms with van der Waals surface area (Å²) in [5, 5.41) is 8.96. The fourth-order valence-electron chi connectivity index (χ4n) is 1.35. The molecule has 0 fully saturated rings. The van der Waals surface area contributed by atoms with Crippen LogP contribution in [0.5, 0.6) is 0 Å². The van der Waals surface area contributed by atoms with Crippen LogP contribution in [-0.2, 0) is 9.53 Å². The average molecular weight is 266 g/mol. The topological polar surface area (TPSA) is 79.7 Å².